The van der Waals surface area contributed by atoms with Gasteiger partial charge in [0.15, 0.2) is 0 Å². The summed E-state index contributed by atoms with van der Waals surface area (Å²) in [6.07, 6.45) is 1.22. The molecule has 0 bridgehead atoms. The van der Waals surface area contributed by atoms with E-state index in [2.05, 4.69) is 27.3 Å². The molecule has 0 unspecified atom stereocenters. The van der Waals surface area contributed by atoms with Gasteiger partial charge in [0, 0.05) is 25.8 Å². The normalized spacial score (nSPS) is 25.2. The number of aliphatic hydroxyl groups is 2. The van der Waals surface area contributed by atoms with Gasteiger partial charge in [0.05, 0.1) is 24.4 Å². The first-order valence-corrected chi connectivity index (χ1v) is 9.48. The Balaban J connectivity index is 1.57. The Morgan fingerprint density at radius 2 is 1.89 bits per heavy atom. The fraction of sp³-hybridized carbons (Fsp3) is 0.476. The number of benzene rings is 1. The first-order chi connectivity index (χ1) is 13.2. The molecule has 0 spiro atoms. The molecule has 3 rings (SSSR count). The van der Waals surface area contributed by atoms with Crippen molar-refractivity contribution in [1.29, 1.82) is 0 Å². The molecule has 0 radical (unpaired) electrons. The van der Waals surface area contributed by atoms with E-state index in [1.807, 2.05) is 43.4 Å². The second-order valence-corrected chi connectivity index (χ2v) is 7.04. The molecule has 6 nitrogen and oxygen atoms in total. The van der Waals surface area contributed by atoms with Crippen LogP contribution >= 0.6 is 0 Å². The third kappa shape index (κ3) is 5.34. The predicted octanol–water partition coefficient (Wildman–Crippen LogP) is 0.835. The van der Waals surface area contributed by atoms with Crippen LogP contribution in [0.5, 0.6) is 0 Å². The van der Waals surface area contributed by atoms with E-state index in [9.17, 15) is 10.2 Å². The maximum absolute atomic E-state index is 10.6. The predicted molar refractivity (Wildman–Crippen MR) is 104 cm³/mol. The second-order valence-electron chi connectivity index (χ2n) is 7.04. The van der Waals surface area contributed by atoms with Gasteiger partial charge in [-0.15, -0.1) is 0 Å². The van der Waals surface area contributed by atoms with Gasteiger partial charge in [0.1, 0.15) is 12.2 Å². The topological polar surface area (TPSA) is 77.9 Å². The molecule has 2 aromatic rings. The summed E-state index contributed by atoms with van der Waals surface area (Å²) in [6, 6.07) is 16.0. The molecular formula is C21H29N3O3. The van der Waals surface area contributed by atoms with Crippen molar-refractivity contribution < 1.29 is 14.9 Å². The quantitative estimate of drug-likeness (QED) is 0.606. The molecule has 2 heterocycles. The Morgan fingerprint density at radius 1 is 1.11 bits per heavy atom. The number of pyridine rings is 1. The zero-order valence-electron chi connectivity index (χ0n) is 15.7. The molecule has 3 N–H and O–H groups in total. The summed E-state index contributed by atoms with van der Waals surface area (Å²) in [5, 5.41) is 23.5. The highest BCUT2D eigenvalue weighted by molar-refractivity contribution is 5.15. The highest BCUT2D eigenvalue weighted by atomic mass is 16.5. The Morgan fingerprint density at radius 3 is 2.59 bits per heavy atom. The molecule has 1 aromatic heterocycles. The number of nitrogens with one attached hydrogen (secondary N) is 1. The summed E-state index contributed by atoms with van der Waals surface area (Å²) < 4.78 is 5.92. The fourth-order valence-electron chi connectivity index (χ4n) is 3.63. The van der Waals surface area contributed by atoms with Crippen LogP contribution in [0, 0.1) is 0 Å². The van der Waals surface area contributed by atoms with Crippen LogP contribution in [0.15, 0.2) is 54.7 Å². The van der Waals surface area contributed by atoms with Crippen molar-refractivity contribution in [3.63, 3.8) is 0 Å². The molecule has 1 fully saturated rings. The van der Waals surface area contributed by atoms with Gasteiger partial charge in [0.25, 0.3) is 0 Å². The number of aromatic nitrogens is 1. The zero-order chi connectivity index (χ0) is 19.1. The van der Waals surface area contributed by atoms with Crippen LogP contribution < -0.4 is 5.32 Å². The largest absolute Gasteiger partial charge is 0.394 e. The van der Waals surface area contributed by atoms with Crippen molar-refractivity contribution in [1.82, 2.24) is 15.2 Å². The second kappa shape index (κ2) is 9.92. The van der Waals surface area contributed by atoms with Crippen molar-refractivity contribution in [2.75, 3.05) is 26.7 Å². The van der Waals surface area contributed by atoms with E-state index < -0.39 is 12.2 Å². The lowest BCUT2D eigenvalue weighted by Gasteiger charge is -2.30. The van der Waals surface area contributed by atoms with E-state index >= 15 is 0 Å². The molecule has 4 atom stereocenters. The highest BCUT2D eigenvalue weighted by Crippen LogP contribution is 2.25. The van der Waals surface area contributed by atoms with Crippen LogP contribution in [0.3, 0.4) is 0 Å². The highest BCUT2D eigenvalue weighted by Gasteiger charge is 2.44. The van der Waals surface area contributed by atoms with E-state index in [-0.39, 0.29) is 18.8 Å². The van der Waals surface area contributed by atoms with Crippen molar-refractivity contribution in [2.24, 2.45) is 0 Å². The first kappa shape index (κ1) is 19.9. The molecule has 27 heavy (non-hydrogen) atoms. The molecular weight excluding hydrogens is 342 g/mol. The summed E-state index contributed by atoms with van der Waals surface area (Å²) in [6.45, 7) is 1.86. The molecule has 6 heteroatoms. The zero-order valence-corrected chi connectivity index (χ0v) is 15.7. The van der Waals surface area contributed by atoms with Gasteiger partial charge in [-0.25, -0.2) is 0 Å². The smallest absolute Gasteiger partial charge is 0.109 e. The number of hydrogen-bond acceptors (Lipinski definition) is 6. The summed E-state index contributed by atoms with van der Waals surface area (Å²) in [5.41, 5.74) is 2.23. The van der Waals surface area contributed by atoms with Crippen LogP contribution in [0.4, 0.5) is 0 Å². The molecule has 0 aliphatic carbocycles. The third-order valence-corrected chi connectivity index (χ3v) is 5.12. The summed E-state index contributed by atoms with van der Waals surface area (Å²) in [4.78, 5) is 6.44. The van der Waals surface area contributed by atoms with Gasteiger partial charge in [-0.05, 0) is 31.2 Å². The Bertz CT molecular complexity index is 671. The van der Waals surface area contributed by atoms with E-state index in [1.54, 1.807) is 6.20 Å². The molecule has 0 saturated carbocycles. The lowest BCUT2D eigenvalue weighted by Crippen LogP contribution is -2.49. The first-order valence-electron chi connectivity index (χ1n) is 9.48. The van der Waals surface area contributed by atoms with E-state index in [0.717, 1.165) is 18.7 Å². The van der Waals surface area contributed by atoms with Crippen LogP contribution in [-0.4, -0.2) is 71.2 Å². The molecule has 1 aliphatic rings. The SMILES string of the molecule is CN(CCc1ccccc1)[C@H]1[C@H](O)[C@H](CO)O[C@@H]1CNCc1ccccn1. The molecule has 146 valence electrons. The van der Waals surface area contributed by atoms with Gasteiger partial charge in [-0.3, -0.25) is 9.88 Å². The average Bonchev–Trinajstić information content (AvgIpc) is 3.03. The standard InChI is InChI=1S/C21H29N3O3/c1-24(12-10-16-7-3-2-4-8-16)20-18(27-19(15-25)21(20)26)14-22-13-17-9-5-6-11-23-17/h2-9,11,18-22,25-26H,10,12-15H2,1H3/t18-,19+,20-,21-/m1/s1. The van der Waals surface area contributed by atoms with Crippen LogP contribution in [0.25, 0.3) is 0 Å². The van der Waals surface area contributed by atoms with Crippen LogP contribution in [-0.2, 0) is 17.7 Å². The minimum Gasteiger partial charge on any atom is -0.394 e. The Labute approximate surface area is 160 Å². The summed E-state index contributed by atoms with van der Waals surface area (Å²) >= 11 is 0. The van der Waals surface area contributed by atoms with Gasteiger partial charge in [0.2, 0.25) is 0 Å². The Hall–Kier alpha value is -1.83. The monoisotopic (exact) mass is 371 g/mol. The van der Waals surface area contributed by atoms with E-state index in [0.29, 0.717) is 13.1 Å². The van der Waals surface area contributed by atoms with E-state index in [1.165, 1.54) is 5.56 Å². The molecule has 0 amide bonds. The maximum atomic E-state index is 10.6. The minimum atomic E-state index is -0.711. The summed E-state index contributed by atoms with van der Waals surface area (Å²) in [7, 11) is 2.01. The number of likely N-dealkylation sites (N-methyl/N-ethyl adjacent to an activating group) is 1. The van der Waals surface area contributed by atoms with Gasteiger partial charge < -0.3 is 20.3 Å². The van der Waals surface area contributed by atoms with Gasteiger partial charge >= 0.3 is 0 Å². The summed E-state index contributed by atoms with van der Waals surface area (Å²) in [5.74, 6) is 0. The van der Waals surface area contributed by atoms with Gasteiger partial charge in [-0.1, -0.05) is 36.4 Å². The molecule has 1 aromatic carbocycles. The maximum Gasteiger partial charge on any atom is 0.109 e. The van der Waals surface area contributed by atoms with Gasteiger partial charge in [-0.2, -0.15) is 0 Å². The number of hydrogen-bond donors (Lipinski definition) is 3. The average molecular weight is 371 g/mol. The fourth-order valence-corrected chi connectivity index (χ4v) is 3.63. The molecule has 1 saturated heterocycles. The van der Waals surface area contributed by atoms with Crippen molar-refractivity contribution in [2.45, 2.75) is 37.3 Å². The van der Waals surface area contributed by atoms with Crippen LogP contribution in [0.1, 0.15) is 11.3 Å². The van der Waals surface area contributed by atoms with Crippen molar-refractivity contribution in [3.05, 3.63) is 66.0 Å². The Kier molecular flexibility index (Phi) is 7.32. The number of nitrogens with zero attached hydrogens (tertiary/aromatic N) is 2. The molecule has 1 aliphatic heterocycles. The third-order valence-electron chi connectivity index (χ3n) is 5.12. The number of rotatable bonds is 9. The lowest BCUT2D eigenvalue weighted by molar-refractivity contribution is -0.0213. The number of aliphatic hydroxyl groups excluding tert-OH is 2. The van der Waals surface area contributed by atoms with Crippen molar-refractivity contribution >= 4 is 0 Å². The van der Waals surface area contributed by atoms with Crippen molar-refractivity contribution in [3.8, 4) is 0 Å². The minimum absolute atomic E-state index is 0.165. The number of ether oxygens (including phenoxy) is 1. The van der Waals surface area contributed by atoms with E-state index in [4.69, 9.17) is 4.74 Å². The van der Waals surface area contributed by atoms with Crippen LogP contribution in [0.2, 0.25) is 0 Å². The lowest BCUT2D eigenvalue weighted by atomic mass is 10.0.